The molecule has 216 valence electrons. The Labute approximate surface area is 231 Å². The number of piperazine rings is 1. The summed E-state index contributed by atoms with van der Waals surface area (Å²) in [6, 6.07) is 3.12. The van der Waals surface area contributed by atoms with Gasteiger partial charge in [0, 0.05) is 44.6 Å². The molecule has 9 nitrogen and oxygen atoms in total. The molecule has 1 aromatic heterocycles. The third kappa shape index (κ3) is 6.83. The molecule has 3 heterocycles. The number of ether oxygens (including phenoxy) is 2. The lowest BCUT2D eigenvalue weighted by Gasteiger charge is -2.38. The van der Waals surface area contributed by atoms with E-state index in [1.165, 1.54) is 12.1 Å². The zero-order chi connectivity index (χ0) is 28.7. The number of carbonyl (C=O) groups is 2. The topological polar surface area (TPSA) is 96.9 Å². The van der Waals surface area contributed by atoms with E-state index >= 15 is 0 Å². The largest absolute Gasteiger partial charge is 0.472 e. The van der Waals surface area contributed by atoms with Crippen molar-refractivity contribution in [2.75, 3.05) is 26.2 Å². The fourth-order valence-electron chi connectivity index (χ4n) is 5.22. The predicted molar refractivity (Wildman–Crippen MR) is 139 cm³/mol. The first-order valence-corrected chi connectivity index (χ1v) is 13.5. The van der Waals surface area contributed by atoms with Crippen LogP contribution in [0, 0.1) is 0 Å². The second-order valence-electron chi connectivity index (χ2n) is 11.7. The van der Waals surface area contributed by atoms with Crippen molar-refractivity contribution in [2.24, 2.45) is 0 Å². The molecule has 1 saturated carbocycles. The monoisotopic (exact) mass is 561 g/mol. The summed E-state index contributed by atoms with van der Waals surface area (Å²) in [5.41, 5.74) is -0.726. The first-order chi connectivity index (χ1) is 18.9. The van der Waals surface area contributed by atoms with Gasteiger partial charge in [-0.15, -0.1) is 0 Å². The van der Waals surface area contributed by atoms with Crippen molar-refractivity contribution in [2.45, 2.75) is 75.9 Å². The van der Waals surface area contributed by atoms with Crippen LogP contribution in [0.2, 0.25) is 0 Å². The van der Waals surface area contributed by atoms with E-state index in [1.807, 2.05) is 0 Å². The molecule has 1 unspecified atom stereocenters. The highest BCUT2D eigenvalue weighted by Gasteiger charge is 2.41. The quantitative estimate of drug-likeness (QED) is 0.562. The van der Waals surface area contributed by atoms with Gasteiger partial charge in [0.1, 0.15) is 17.7 Å². The lowest BCUT2D eigenvalue weighted by atomic mass is 10.0. The highest BCUT2D eigenvalue weighted by Crippen LogP contribution is 2.39. The second-order valence-corrected chi connectivity index (χ2v) is 11.7. The van der Waals surface area contributed by atoms with Gasteiger partial charge in [0.15, 0.2) is 0 Å². The van der Waals surface area contributed by atoms with Crippen molar-refractivity contribution in [3.05, 3.63) is 53.5 Å². The van der Waals surface area contributed by atoms with E-state index in [0.29, 0.717) is 44.4 Å². The predicted octanol–water partition coefficient (Wildman–Crippen LogP) is 4.30. The molecule has 2 saturated heterocycles. The summed E-state index contributed by atoms with van der Waals surface area (Å²) in [5.74, 6) is 0.485. The second kappa shape index (κ2) is 10.9. The molecule has 0 spiro atoms. The van der Waals surface area contributed by atoms with E-state index < -0.39 is 35.4 Å². The van der Waals surface area contributed by atoms with E-state index in [9.17, 15) is 22.8 Å². The van der Waals surface area contributed by atoms with Gasteiger partial charge >= 0.3 is 12.3 Å². The van der Waals surface area contributed by atoms with E-state index in [0.717, 1.165) is 30.7 Å². The summed E-state index contributed by atoms with van der Waals surface area (Å²) < 4.78 is 51.7. The maximum atomic E-state index is 13.7. The lowest BCUT2D eigenvalue weighted by molar-refractivity contribution is -0.138. The number of hydrogen-bond donors (Lipinski definition) is 1. The smallest absolute Gasteiger partial charge is 0.416 e. The van der Waals surface area contributed by atoms with Gasteiger partial charge in [-0.25, -0.2) is 9.78 Å². The Kier molecular flexibility index (Phi) is 7.64. The van der Waals surface area contributed by atoms with Crippen LogP contribution in [0.5, 0.6) is 5.88 Å². The molecule has 1 aromatic carbocycles. The summed E-state index contributed by atoms with van der Waals surface area (Å²) in [5, 5.41) is 2.51. The van der Waals surface area contributed by atoms with E-state index in [4.69, 9.17) is 9.47 Å². The van der Waals surface area contributed by atoms with Crippen molar-refractivity contribution in [3.8, 4) is 5.88 Å². The molecule has 12 heteroatoms. The number of carbonyl (C=O) groups excluding carboxylic acids is 2. The molecular weight excluding hydrogens is 527 g/mol. The van der Waals surface area contributed by atoms with Crippen molar-refractivity contribution in [3.63, 3.8) is 0 Å². The van der Waals surface area contributed by atoms with Crippen LogP contribution >= 0.6 is 0 Å². The Morgan fingerprint density at radius 2 is 1.85 bits per heavy atom. The minimum absolute atomic E-state index is 0.00471. The Morgan fingerprint density at radius 1 is 1.07 bits per heavy atom. The van der Waals surface area contributed by atoms with Crippen LogP contribution < -0.4 is 10.1 Å². The van der Waals surface area contributed by atoms with Crippen LogP contribution in [0.25, 0.3) is 0 Å². The van der Waals surface area contributed by atoms with Crippen LogP contribution in [0.1, 0.15) is 68.8 Å². The van der Waals surface area contributed by atoms with Gasteiger partial charge in [-0.3, -0.25) is 14.7 Å². The van der Waals surface area contributed by atoms with E-state index in [-0.39, 0.29) is 17.7 Å². The summed E-state index contributed by atoms with van der Waals surface area (Å²) in [6.07, 6.45) is 0.762. The first-order valence-electron chi connectivity index (χ1n) is 13.5. The Bertz CT molecular complexity index is 1230. The van der Waals surface area contributed by atoms with Crippen molar-refractivity contribution in [1.29, 1.82) is 0 Å². The molecule has 3 fully saturated rings. The Morgan fingerprint density at radius 3 is 2.50 bits per heavy atom. The third-order valence-corrected chi connectivity index (χ3v) is 7.28. The van der Waals surface area contributed by atoms with Crippen molar-refractivity contribution < 1.29 is 32.2 Å². The fourth-order valence-corrected chi connectivity index (χ4v) is 5.22. The average molecular weight is 562 g/mol. The van der Waals surface area contributed by atoms with Gasteiger partial charge in [0.05, 0.1) is 23.7 Å². The summed E-state index contributed by atoms with van der Waals surface area (Å²) >= 11 is 0. The SMILES string of the molecule is CC(C)(C)OC(=O)NC(C(=O)N1CCN2C[C@H](Oc3cnc(C4CC4)cn3)C[C@H]2C1)c1cccc(C(F)(F)F)c1. The number of nitrogens with zero attached hydrogens (tertiary/aromatic N) is 4. The molecule has 3 aliphatic rings. The molecule has 0 radical (unpaired) electrons. The lowest BCUT2D eigenvalue weighted by Crippen LogP contribution is -2.54. The van der Waals surface area contributed by atoms with Gasteiger partial charge in [-0.1, -0.05) is 12.1 Å². The number of hydrogen-bond acceptors (Lipinski definition) is 7. The maximum Gasteiger partial charge on any atom is 0.416 e. The van der Waals surface area contributed by atoms with E-state index in [1.54, 1.807) is 38.1 Å². The number of fused-ring (bicyclic) bond motifs is 1. The summed E-state index contributed by atoms with van der Waals surface area (Å²) in [7, 11) is 0. The van der Waals surface area contributed by atoms with Gasteiger partial charge in [0.2, 0.25) is 11.8 Å². The normalized spacial score (nSPS) is 22.4. The van der Waals surface area contributed by atoms with Crippen LogP contribution in [0.3, 0.4) is 0 Å². The Hall–Kier alpha value is -3.41. The first kappa shape index (κ1) is 28.1. The number of amides is 2. The van der Waals surface area contributed by atoms with Crippen LogP contribution in [-0.2, 0) is 15.7 Å². The zero-order valence-corrected chi connectivity index (χ0v) is 22.8. The molecule has 1 N–H and O–H groups in total. The molecule has 0 bridgehead atoms. The molecule has 3 atom stereocenters. The molecule has 2 aliphatic heterocycles. The minimum atomic E-state index is -4.59. The van der Waals surface area contributed by atoms with Gasteiger partial charge in [-0.2, -0.15) is 13.2 Å². The molecule has 1 aliphatic carbocycles. The number of benzene rings is 1. The number of alkyl carbamates (subject to hydrolysis) is 1. The molecule has 5 rings (SSSR count). The Balaban J connectivity index is 1.27. The number of alkyl halides is 3. The standard InChI is InChI=1S/C28H34F3N5O4/c1-27(2,3)40-26(38)34-24(18-5-4-6-19(11-18)28(29,30)31)25(37)36-10-9-35-16-21(12-20(35)15-36)39-23-14-32-22(13-33-23)17-7-8-17/h4-6,11,13-14,17,20-21,24H,7-10,12,15-16H2,1-3H3,(H,34,38)/t20-,21+,24?/m0/s1. The zero-order valence-electron chi connectivity index (χ0n) is 22.8. The third-order valence-electron chi connectivity index (χ3n) is 7.28. The maximum absolute atomic E-state index is 13.7. The molecule has 40 heavy (non-hydrogen) atoms. The average Bonchev–Trinajstić information content (AvgIpc) is 3.65. The van der Waals surface area contributed by atoms with Gasteiger partial charge in [-0.05, 0) is 51.3 Å². The minimum Gasteiger partial charge on any atom is -0.472 e. The van der Waals surface area contributed by atoms with Crippen LogP contribution in [0.4, 0.5) is 18.0 Å². The number of aromatic nitrogens is 2. The summed E-state index contributed by atoms with van der Waals surface area (Å²) in [4.78, 5) is 39.0. The molecule has 2 amide bonds. The highest BCUT2D eigenvalue weighted by atomic mass is 19.4. The van der Waals surface area contributed by atoms with Gasteiger partial charge in [0.25, 0.3) is 0 Å². The van der Waals surface area contributed by atoms with Crippen molar-refractivity contribution >= 4 is 12.0 Å². The number of halogens is 3. The number of nitrogens with one attached hydrogen (secondary N) is 1. The van der Waals surface area contributed by atoms with Crippen LogP contribution in [0.15, 0.2) is 36.7 Å². The molecule has 2 aromatic rings. The van der Waals surface area contributed by atoms with Gasteiger partial charge < -0.3 is 19.7 Å². The van der Waals surface area contributed by atoms with Crippen molar-refractivity contribution in [1.82, 2.24) is 25.1 Å². The fraction of sp³-hybridized carbons (Fsp3) is 0.571. The van der Waals surface area contributed by atoms with E-state index in [2.05, 4.69) is 20.2 Å². The summed E-state index contributed by atoms with van der Waals surface area (Å²) in [6.45, 7) is 6.96. The molecular formula is C28H34F3N5O4. The highest BCUT2D eigenvalue weighted by molar-refractivity contribution is 5.87. The van der Waals surface area contributed by atoms with Crippen LogP contribution in [-0.4, -0.2) is 75.7 Å². The number of rotatable bonds is 6.